The first-order valence-electron chi connectivity index (χ1n) is 7.83. The summed E-state index contributed by atoms with van der Waals surface area (Å²) in [4.78, 5) is 14.4. The summed E-state index contributed by atoms with van der Waals surface area (Å²) in [6.45, 7) is 11.4. The number of carbonyl (C=O) groups is 1. The third kappa shape index (κ3) is 4.37. The van der Waals surface area contributed by atoms with Crippen LogP contribution in [-0.2, 0) is 16.0 Å². The van der Waals surface area contributed by atoms with E-state index in [1.54, 1.807) is 0 Å². The molecule has 5 nitrogen and oxygen atoms in total. The van der Waals surface area contributed by atoms with E-state index < -0.39 is 5.60 Å². The molecule has 5 heteroatoms. The van der Waals surface area contributed by atoms with Gasteiger partial charge in [0.1, 0.15) is 5.60 Å². The van der Waals surface area contributed by atoms with Crippen LogP contribution < -0.4 is 16.0 Å². The minimum atomic E-state index is -0.466. The van der Waals surface area contributed by atoms with Crippen molar-refractivity contribution >= 4 is 17.3 Å². The van der Waals surface area contributed by atoms with Crippen LogP contribution in [0.1, 0.15) is 31.9 Å². The molecule has 1 aliphatic rings. The lowest BCUT2D eigenvalue weighted by atomic mass is 10.0. The third-order valence-electron chi connectivity index (χ3n) is 3.78. The van der Waals surface area contributed by atoms with E-state index in [1.807, 2.05) is 33.8 Å². The van der Waals surface area contributed by atoms with Crippen LogP contribution in [0.5, 0.6) is 0 Å². The zero-order valence-electron chi connectivity index (χ0n) is 14.0. The minimum absolute atomic E-state index is 0.215. The van der Waals surface area contributed by atoms with Crippen molar-refractivity contribution in [1.29, 1.82) is 0 Å². The van der Waals surface area contributed by atoms with Gasteiger partial charge in [-0.25, -0.2) is 0 Å². The average Bonchev–Trinajstić information content (AvgIpc) is 2.42. The van der Waals surface area contributed by atoms with Gasteiger partial charge in [-0.05, 0) is 51.0 Å². The maximum Gasteiger partial charge on any atom is 0.310 e. The summed E-state index contributed by atoms with van der Waals surface area (Å²) in [5.74, 6) is -0.215. The topological polar surface area (TPSA) is 67.6 Å². The van der Waals surface area contributed by atoms with Crippen molar-refractivity contribution in [3.8, 4) is 0 Å². The molecule has 0 unspecified atom stereocenters. The molecule has 0 aliphatic carbocycles. The number of hydrogen-bond donors (Lipinski definition) is 2. The highest BCUT2D eigenvalue weighted by Gasteiger charge is 2.19. The van der Waals surface area contributed by atoms with Gasteiger partial charge in [-0.15, -0.1) is 0 Å². The van der Waals surface area contributed by atoms with E-state index >= 15 is 0 Å². The molecule has 0 radical (unpaired) electrons. The average molecular weight is 305 g/mol. The number of nitrogens with one attached hydrogen (secondary N) is 1. The molecular formula is C17H27N3O2. The Labute approximate surface area is 132 Å². The maximum atomic E-state index is 12.1. The van der Waals surface area contributed by atoms with Crippen molar-refractivity contribution in [3.05, 3.63) is 23.3 Å². The zero-order chi connectivity index (χ0) is 16.3. The normalized spacial score (nSPS) is 15.7. The summed E-state index contributed by atoms with van der Waals surface area (Å²) in [5.41, 5.74) is 9.40. The second-order valence-corrected chi connectivity index (χ2v) is 6.82. The van der Waals surface area contributed by atoms with Gasteiger partial charge in [0.15, 0.2) is 0 Å². The highest BCUT2D eigenvalue weighted by molar-refractivity contribution is 5.76. The van der Waals surface area contributed by atoms with Gasteiger partial charge < -0.3 is 20.7 Å². The number of ether oxygens (including phenoxy) is 1. The second-order valence-electron chi connectivity index (χ2n) is 6.82. The molecule has 3 N–H and O–H groups in total. The fourth-order valence-corrected chi connectivity index (χ4v) is 2.60. The predicted molar refractivity (Wildman–Crippen MR) is 90.2 cm³/mol. The van der Waals surface area contributed by atoms with Crippen LogP contribution in [0.25, 0.3) is 0 Å². The van der Waals surface area contributed by atoms with Gasteiger partial charge in [-0.2, -0.15) is 0 Å². The molecule has 1 fully saturated rings. The van der Waals surface area contributed by atoms with Crippen LogP contribution in [0.4, 0.5) is 11.4 Å². The molecule has 0 spiro atoms. The van der Waals surface area contributed by atoms with Gasteiger partial charge in [0.25, 0.3) is 0 Å². The first kappa shape index (κ1) is 16.6. The quantitative estimate of drug-likeness (QED) is 0.659. The number of benzene rings is 1. The Morgan fingerprint density at radius 1 is 1.32 bits per heavy atom. The lowest BCUT2D eigenvalue weighted by Crippen LogP contribution is -2.43. The largest absolute Gasteiger partial charge is 0.460 e. The monoisotopic (exact) mass is 305 g/mol. The van der Waals surface area contributed by atoms with Crippen LogP contribution in [-0.4, -0.2) is 37.7 Å². The van der Waals surface area contributed by atoms with Crippen molar-refractivity contribution in [2.75, 3.05) is 36.8 Å². The van der Waals surface area contributed by atoms with Gasteiger partial charge in [-0.1, -0.05) is 0 Å². The molecule has 1 heterocycles. The molecule has 1 saturated heterocycles. The van der Waals surface area contributed by atoms with Crippen molar-refractivity contribution in [2.24, 2.45) is 0 Å². The number of rotatable bonds is 3. The Morgan fingerprint density at radius 3 is 2.55 bits per heavy atom. The van der Waals surface area contributed by atoms with E-state index in [0.29, 0.717) is 0 Å². The van der Waals surface area contributed by atoms with Crippen molar-refractivity contribution in [1.82, 2.24) is 5.32 Å². The number of nitrogens with two attached hydrogens (primary N) is 1. The van der Waals surface area contributed by atoms with E-state index in [0.717, 1.165) is 48.7 Å². The van der Waals surface area contributed by atoms with Crippen LogP contribution >= 0.6 is 0 Å². The van der Waals surface area contributed by atoms with Gasteiger partial charge in [0, 0.05) is 37.6 Å². The summed E-state index contributed by atoms with van der Waals surface area (Å²) in [5, 5.41) is 3.34. The van der Waals surface area contributed by atoms with Crippen molar-refractivity contribution in [3.63, 3.8) is 0 Å². The van der Waals surface area contributed by atoms with Gasteiger partial charge >= 0.3 is 5.97 Å². The summed E-state index contributed by atoms with van der Waals surface area (Å²) in [7, 11) is 0. The summed E-state index contributed by atoms with van der Waals surface area (Å²) < 4.78 is 5.42. The first-order valence-corrected chi connectivity index (χ1v) is 7.83. The molecule has 1 aromatic rings. The van der Waals surface area contributed by atoms with Crippen LogP contribution in [0.3, 0.4) is 0 Å². The Balaban J connectivity index is 2.19. The standard InChI is InChI=1S/C17H27N3O2/c1-12-13(10-16(21)22-17(2,3)4)9-14(11-15(12)18)20-7-5-19-6-8-20/h9,11,19H,5-8,10,18H2,1-4H3. The Morgan fingerprint density at radius 2 is 1.95 bits per heavy atom. The number of hydrogen-bond acceptors (Lipinski definition) is 5. The number of esters is 1. The van der Waals surface area contributed by atoms with Crippen LogP contribution in [0, 0.1) is 6.92 Å². The highest BCUT2D eigenvalue weighted by atomic mass is 16.6. The summed E-state index contributed by atoms with van der Waals surface area (Å²) >= 11 is 0. The summed E-state index contributed by atoms with van der Waals surface area (Å²) in [6.07, 6.45) is 0.257. The number of piperazine rings is 1. The number of nitrogens with zero attached hydrogens (tertiary/aromatic N) is 1. The molecule has 1 aliphatic heterocycles. The molecule has 22 heavy (non-hydrogen) atoms. The van der Waals surface area contributed by atoms with Gasteiger partial charge in [0.2, 0.25) is 0 Å². The Kier molecular flexibility index (Phi) is 4.96. The van der Waals surface area contributed by atoms with E-state index in [2.05, 4.69) is 16.3 Å². The van der Waals surface area contributed by atoms with E-state index in [1.165, 1.54) is 0 Å². The maximum absolute atomic E-state index is 12.1. The predicted octanol–water partition coefficient (Wildman–Crippen LogP) is 1.87. The van der Waals surface area contributed by atoms with Gasteiger partial charge in [0.05, 0.1) is 6.42 Å². The number of anilines is 2. The minimum Gasteiger partial charge on any atom is -0.460 e. The molecule has 1 aromatic carbocycles. The first-order chi connectivity index (χ1) is 10.3. The smallest absolute Gasteiger partial charge is 0.310 e. The highest BCUT2D eigenvalue weighted by Crippen LogP contribution is 2.26. The lowest BCUT2D eigenvalue weighted by Gasteiger charge is -2.30. The van der Waals surface area contributed by atoms with E-state index in [4.69, 9.17) is 10.5 Å². The zero-order valence-corrected chi connectivity index (χ0v) is 14.0. The molecule has 0 aromatic heterocycles. The molecule has 0 saturated carbocycles. The fourth-order valence-electron chi connectivity index (χ4n) is 2.60. The second kappa shape index (κ2) is 6.57. The molecule has 0 amide bonds. The third-order valence-corrected chi connectivity index (χ3v) is 3.78. The van der Waals surface area contributed by atoms with Crippen molar-refractivity contribution in [2.45, 2.75) is 39.7 Å². The molecular weight excluding hydrogens is 278 g/mol. The number of carbonyl (C=O) groups excluding carboxylic acids is 1. The van der Waals surface area contributed by atoms with E-state index in [-0.39, 0.29) is 12.4 Å². The number of nitrogen functional groups attached to an aromatic ring is 1. The Hall–Kier alpha value is -1.75. The Bertz CT molecular complexity index is 544. The summed E-state index contributed by atoms with van der Waals surface area (Å²) in [6, 6.07) is 4.07. The fraction of sp³-hybridized carbons (Fsp3) is 0.588. The van der Waals surface area contributed by atoms with E-state index in [9.17, 15) is 4.79 Å². The molecule has 122 valence electrons. The lowest BCUT2D eigenvalue weighted by molar-refractivity contribution is -0.153. The van der Waals surface area contributed by atoms with Crippen molar-refractivity contribution < 1.29 is 9.53 Å². The SMILES string of the molecule is Cc1c(N)cc(N2CCNCC2)cc1CC(=O)OC(C)(C)C. The molecule has 0 atom stereocenters. The molecule has 2 rings (SSSR count). The molecule has 0 bridgehead atoms. The van der Waals surface area contributed by atoms with Crippen LogP contribution in [0.15, 0.2) is 12.1 Å². The van der Waals surface area contributed by atoms with Gasteiger partial charge in [-0.3, -0.25) is 4.79 Å². The van der Waals surface area contributed by atoms with Crippen LogP contribution in [0.2, 0.25) is 0 Å².